The van der Waals surface area contributed by atoms with Gasteiger partial charge in [-0.05, 0) is 60.9 Å². The molecule has 3 heterocycles. The molecule has 5 rings (SSSR count). The van der Waals surface area contributed by atoms with E-state index < -0.39 is 9.84 Å². The summed E-state index contributed by atoms with van der Waals surface area (Å²) in [6, 6.07) is 11.0. The van der Waals surface area contributed by atoms with Crippen molar-refractivity contribution in [2.45, 2.75) is 18.2 Å². The van der Waals surface area contributed by atoms with Crippen LogP contribution in [0.1, 0.15) is 28.4 Å². The van der Waals surface area contributed by atoms with Crippen LogP contribution in [0.25, 0.3) is 17.0 Å². The van der Waals surface area contributed by atoms with Crippen molar-refractivity contribution in [1.29, 1.82) is 0 Å². The van der Waals surface area contributed by atoms with Gasteiger partial charge in [0.2, 0.25) is 9.84 Å². The van der Waals surface area contributed by atoms with Crippen molar-refractivity contribution in [3.05, 3.63) is 64.2 Å². The van der Waals surface area contributed by atoms with Gasteiger partial charge in [-0.15, -0.1) is 0 Å². The van der Waals surface area contributed by atoms with E-state index in [1.54, 1.807) is 37.4 Å². The second-order valence-electron chi connectivity index (χ2n) is 7.03. The number of amides is 1. The number of aromatic nitrogens is 1. The molecule has 1 amide bonds. The lowest BCUT2D eigenvalue weighted by Crippen LogP contribution is -2.31. The average Bonchev–Trinajstić information content (AvgIpc) is 2.90. The first kappa shape index (κ1) is 16.9. The predicted molar refractivity (Wildman–Crippen MR) is 108 cm³/mol. The van der Waals surface area contributed by atoms with Crippen molar-refractivity contribution in [2.75, 3.05) is 11.9 Å². The molecule has 7 heteroatoms. The Morgan fingerprint density at radius 2 is 2.00 bits per heavy atom. The second kappa shape index (κ2) is 5.90. The Hall–Kier alpha value is -3.19. The summed E-state index contributed by atoms with van der Waals surface area (Å²) in [6.45, 7) is 2.26. The van der Waals surface area contributed by atoms with Crippen LogP contribution in [-0.4, -0.2) is 25.9 Å². The number of rotatable bonds is 2. The number of allylic oxidation sites excluding steroid dienone is 1. The van der Waals surface area contributed by atoms with E-state index in [0.29, 0.717) is 33.0 Å². The summed E-state index contributed by atoms with van der Waals surface area (Å²) in [7, 11) is -3.43. The van der Waals surface area contributed by atoms with Gasteiger partial charge < -0.3 is 10.6 Å². The van der Waals surface area contributed by atoms with Crippen LogP contribution < -0.4 is 10.6 Å². The van der Waals surface area contributed by atoms with E-state index in [4.69, 9.17) is 0 Å². The molecule has 0 spiro atoms. The van der Waals surface area contributed by atoms with Gasteiger partial charge in [0.05, 0.1) is 10.4 Å². The molecule has 0 radical (unpaired) electrons. The maximum absolute atomic E-state index is 12.5. The monoisotopic (exact) mass is 391 g/mol. The molecule has 0 saturated carbocycles. The highest BCUT2D eigenvalue weighted by molar-refractivity contribution is 7.95. The van der Waals surface area contributed by atoms with Gasteiger partial charge in [-0.25, -0.2) is 8.42 Å². The molecule has 28 heavy (non-hydrogen) atoms. The minimum Gasteiger partial charge on any atom is -0.355 e. The van der Waals surface area contributed by atoms with Gasteiger partial charge in [-0.2, -0.15) is 0 Å². The Bertz CT molecular complexity index is 1310. The summed E-state index contributed by atoms with van der Waals surface area (Å²) in [6.07, 6.45) is 4.17. The summed E-state index contributed by atoms with van der Waals surface area (Å²) in [4.78, 5) is 17.1. The molecule has 0 unspecified atom stereocenters. The summed E-state index contributed by atoms with van der Waals surface area (Å²) >= 11 is 0. The quantitative estimate of drug-likeness (QED) is 0.699. The van der Waals surface area contributed by atoms with Crippen LogP contribution in [0.5, 0.6) is 0 Å². The lowest BCUT2D eigenvalue weighted by molar-refractivity contribution is 0.0946. The summed E-state index contributed by atoms with van der Waals surface area (Å²) in [5, 5.41) is 6.88. The first-order valence-electron chi connectivity index (χ1n) is 8.98. The van der Waals surface area contributed by atoms with Crippen molar-refractivity contribution in [2.24, 2.45) is 0 Å². The maximum Gasteiger partial charge on any atom is 0.251 e. The Labute approximate surface area is 162 Å². The molecule has 0 fully saturated rings. The molecular formula is C21H17N3O3S. The topological polar surface area (TPSA) is 88.2 Å². The normalized spacial score (nSPS) is 16.9. The molecule has 2 N–H and O–H groups in total. The van der Waals surface area contributed by atoms with E-state index in [9.17, 15) is 13.2 Å². The highest BCUT2D eigenvalue weighted by Gasteiger charge is 2.27. The molecule has 0 atom stereocenters. The highest BCUT2D eigenvalue weighted by Crippen LogP contribution is 2.37. The molecule has 3 aromatic rings. The van der Waals surface area contributed by atoms with Gasteiger partial charge in [-0.1, -0.05) is 6.07 Å². The summed E-state index contributed by atoms with van der Waals surface area (Å²) < 4.78 is 25.1. The van der Waals surface area contributed by atoms with Crippen LogP contribution in [0, 0.1) is 0 Å². The van der Waals surface area contributed by atoms with Gasteiger partial charge in [0.15, 0.2) is 0 Å². The SMILES string of the molecule is CC1=Cc2cc3nccc(Nc4ccc5c(c4)C(=O)NCC5)c3cc2S1(=O)=O. The smallest absolute Gasteiger partial charge is 0.251 e. The van der Waals surface area contributed by atoms with Crippen molar-refractivity contribution in [1.82, 2.24) is 10.3 Å². The van der Waals surface area contributed by atoms with Gasteiger partial charge in [-0.3, -0.25) is 9.78 Å². The fourth-order valence-corrected chi connectivity index (χ4v) is 5.09. The van der Waals surface area contributed by atoms with Crippen molar-refractivity contribution in [3.63, 3.8) is 0 Å². The lowest BCUT2D eigenvalue weighted by Gasteiger charge is -2.18. The largest absolute Gasteiger partial charge is 0.355 e. The highest BCUT2D eigenvalue weighted by atomic mass is 32.2. The predicted octanol–water partition coefficient (Wildman–Crippen LogP) is 3.41. The number of hydrogen-bond acceptors (Lipinski definition) is 5. The Kier molecular flexibility index (Phi) is 3.57. The third kappa shape index (κ3) is 2.51. The first-order chi connectivity index (χ1) is 13.4. The number of carbonyl (C=O) groups excluding carboxylic acids is 1. The molecule has 0 saturated heterocycles. The van der Waals surface area contributed by atoms with Crippen molar-refractivity contribution in [3.8, 4) is 0 Å². The van der Waals surface area contributed by atoms with Crippen LogP contribution in [0.3, 0.4) is 0 Å². The molecule has 6 nitrogen and oxygen atoms in total. The molecular weight excluding hydrogens is 374 g/mol. The minimum atomic E-state index is -3.43. The zero-order valence-corrected chi connectivity index (χ0v) is 15.9. The number of anilines is 2. The van der Waals surface area contributed by atoms with Crippen LogP contribution in [0.4, 0.5) is 11.4 Å². The molecule has 1 aromatic heterocycles. The van der Waals surface area contributed by atoms with E-state index in [1.807, 2.05) is 18.2 Å². The molecule has 2 aliphatic rings. The fourth-order valence-electron chi connectivity index (χ4n) is 3.76. The first-order valence-corrected chi connectivity index (χ1v) is 10.5. The molecule has 0 bridgehead atoms. The van der Waals surface area contributed by atoms with Gasteiger partial charge in [0.25, 0.3) is 5.91 Å². The van der Waals surface area contributed by atoms with E-state index >= 15 is 0 Å². The van der Waals surface area contributed by atoms with Crippen LogP contribution in [0.15, 0.2) is 52.4 Å². The number of carbonyl (C=O) groups is 1. The molecule has 0 aliphatic carbocycles. The van der Waals surface area contributed by atoms with Gasteiger partial charge in [0, 0.05) is 40.0 Å². The number of sulfone groups is 1. The number of nitrogens with zero attached hydrogens (tertiary/aromatic N) is 1. The molecule has 140 valence electrons. The maximum atomic E-state index is 12.5. The van der Waals surface area contributed by atoms with E-state index in [1.165, 1.54) is 0 Å². The minimum absolute atomic E-state index is 0.0741. The Morgan fingerprint density at radius 3 is 2.86 bits per heavy atom. The van der Waals surface area contributed by atoms with Gasteiger partial charge in [0.1, 0.15) is 0 Å². The zero-order valence-electron chi connectivity index (χ0n) is 15.1. The number of benzene rings is 2. The van der Waals surface area contributed by atoms with Crippen LogP contribution in [-0.2, 0) is 16.3 Å². The van der Waals surface area contributed by atoms with E-state index in [0.717, 1.165) is 28.7 Å². The average molecular weight is 391 g/mol. The third-order valence-corrected chi connectivity index (χ3v) is 7.16. The van der Waals surface area contributed by atoms with Crippen LogP contribution >= 0.6 is 0 Å². The number of fused-ring (bicyclic) bond motifs is 3. The number of nitrogens with one attached hydrogen (secondary N) is 2. The number of pyridine rings is 1. The van der Waals surface area contributed by atoms with Gasteiger partial charge >= 0.3 is 0 Å². The third-order valence-electron chi connectivity index (χ3n) is 5.26. The standard InChI is InChI=1S/C21H17N3O3S/c1-12-8-14-9-19-17(11-20(14)28(12,26)27)18(5-7-22-19)24-15-3-2-13-4-6-23-21(25)16(13)10-15/h2-3,5,7-11H,4,6H2,1H3,(H,22,24)(H,23,25). The lowest BCUT2D eigenvalue weighted by atomic mass is 9.99. The Morgan fingerprint density at radius 1 is 1.14 bits per heavy atom. The summed E-state index contributed by atoms with van der Waals surface area (Å²) in [5.41, 5.74) is 4.57. The van der Waals surface area contributed by atoms with Crippen LogP contribution in [0.2, 0.25) is 0 Å². The molecule has 2 aromatic carbocycles. The van der Waals surface area contributed by atoms with Crippen molar-refractivity contribution < 1.29 is 13.2 Å². The summed E-state index contributed by atoms with van der Waals surface area (Å²) in [5.74, 6) is -0.0741. The Balaban J connectivity index is 1.61. The second-order valence-corrected chi connectivity index (χ2v) is 9.12. The van der Waals surface area contributed by atoms with E-state index in [2.05, 4.69) is 15.6 Å². The van der Waals surface area contributed by atoms with E-state index in [-0.39, 0.29) is 5.91 Å². The molecule has 2 aliphatic heterocycles. The van der Waals surface area contributed by atoms with Crippen molar-refractivity contribution >= 4 is 44.1 Å². The fraction of sp³-hybridized carbons (Fsp3) is 0.143. The number of hydrogen-bond donors (Lipinski definition) is 2. The zero-order chi connectivity index (χ0) is 19.5.